The SMILES string of the molecule is CC(=O)Cc1ccc(-c2cn3cccnc3n2)cc1. The number of rotatable bonds is 3. The normalized spacial score (nSPS) is 10.8. The Morgan fingerprint density at radius 1 is 1.26 bits per heavy atom. The quantitative estimate of drug-likeness (QED) is 0.718. The van der Waals surface area contributed by atoms with Crippen molar-refractivity contribution in [3.8, 4) is 11.3 Å². The van der Waals surface area contributed by atoms with Crippen LogP contribution in [0.15, 0.2) is 48.9 Å². The Morgan fingerprint density at radius 3 is 2.74 bits per heavy atom. The number of hydrogen-bond donors (Lipinski definition) is 0. The number of carbonyl (C=O) groups excluding carboxylic acids is 1. The number of carbonyl (C=O) groups is 1. The molecule has 0 aliphatic rings. The summed E-state index contributed by atoms with van der Waals surface area (Å²) in [7, 11) is 0. The van der Waals surface area contributed by atoms with Crippen LogP contribution in [0.25, 0.3) is 17.0 Å². The van der Waals surface area contributed by atoms with E-state index in [1.807, 2.05) is 47.1 Å². The van der Waals surface area contributed by atoms with E-state index in [4.69, 9.17) is 0 Å². The molecule has 2 heterocycles. The third-order valence-corrected chi connectivity index (χ3v) is 2.94. The zero-order valence-electron chi connectivity index (χ0n) is 10.6. The van der Waals surface area contributed by atoms with E-state index in [2.05, 4.69) is 9.97 Å². The molecule has 1 aromatic carbocycles. The van der Waals surface area contributed by atoms with Crippen LogP contribution in [0.3, 0.4) is 0 Å². The highest BCUT2D eigenvalue weighted by Crippen LogP contribution is 2.19. The van der Waals surface area contributed by atoms with Gasteiger partial charge in [0.1, 0.15) is 5.78 Å². The van der Waals surface area contributed by atoms with Crippen molar-refractivity contribution in [1.29, 1.82) is 0 Å². The molecule has 0 radical (unpaired) electrons. The summed E-state index contributed by atoms with van der Waals surface area (Å²) in [5, 5.41) is 0. The summed E-state index contributed by atoms with van der Waals surface area (Å²) >= 11 is 0. The Morgan fingerprint density at radius 2 is 2.05 bits per heavy atom. The summed E-state index contributed by atoms with van der Waals surface area (Å²) in [6.45, 7) is 1.60. The van der Waals surface area contributed by atoms with Gasteiger partial charge in [-0.2, -0.15) is 0 Å². The van der Waals surface area contributed by atoms with Crippen LogP contribution in [0.1, 0.15) is 12.5 Å². The predicted octanol–water partition coefficient (Wildman–Crippen LogP) is 2.53. The first kappa shape index (κ1) is 11.6. The highest BCUT2D eigenvalue weighted by atomic mass is 16.1. The molecule has 4 heteroatoms. The van der Waals surface area contributed by atoms with Crippen LogP contribution in [0.5, 0.6) is 0 Å². The first-order valence-corrected chi connectivity index (χ1v) is 6.11. The molecule has 0 atom stereocenters. The number of ketones is 1. The number of Topliss-reactive ketones (excluding diaryl/α,β-unsaturated/α-hetero) is 1. The average Bonchev–Trinajstić information content (AvgIpc) is 2.82. The van der Waals surface area contributed by atoms with Crippen LogP contribution in [-0.4, -0.2) is 20.2 Å². The number of aromatic nitrogens is 3. The van der Waals surface area contributed by atoms with Crippen molar-refractivity contribution in [3.05, 3.63) is 54.5 Å². The smallest absolute Gasteiger partial charge is 0.234 e. The topological polar surface area (TPSA) is 47.3 Å². The summed E-state index contributed by atoms with van der Waals surface area (Å²) in [6.07, 6.45) is 6.07. The summed E-state index contributed by atoms with van der Waals surface area (Å²) in [5.41, 5.74) is 2.93. The molecule has 2 aromatic heterocycles. The molecule has 3 rings (SSSR count). The first-order valence-electron chi connectivity index (χ1n) is 6.11. The molecule has 0 bridgehead atoms. The molecule has 0 fully saturated rings. The monoisotopic (exact) mass is 251 g/mol. The van der Waals surface area contributed by atoms with E-state index < -0.39 is 0 Å². The fraction of sp³-hybridized carbons (Fsp3) is 0.133. The highest BCUT2D eigenvalue weighted by Gasteiger charge is 2.05. The molecule has 0 unspecified atom stereocenters. The molecular weight excluding hydrogens is 238 g/mol. The lowest BCUT2D eigenvalue weighted by Gasteiger charge is -1.99. The minimum absolute atomic E-state index is 0.171. The van der Waals surface area contributed by atoms with Crippen molar-refractivity contribution in [3.63, 3.8) is 0 Å². The van der Waals surface area contributed by atoms with E-state index in [1.54, 1.807) is 13.1 Å². The van der Waals surface area contributed by atoms with E-state index in [-0.39, 0.29) is 5.78 Å². The average molecular weight is 251 g/mol. The Hall–Kier alpha value is -2.49. The number of hydrogen-bond acceptors (Lipinski definition) is 3. The molecule has 0 aliphatic carbocycles. The predicted molar refractivity (Wildman–Crippen MR) is 72.8 cm³/mol. The van der Waals surface area contributed by atoms with Gasteiger partial charge in [-0.15, -0.1) is 0 Å². The van der Waals surface area contributed by atoms with Crippen LogP contribution in [-0.2, 0) is 11.2 Å². The van der Waals surface area contributed by atoms with Gasteiger partial charge < -0.3 is 0 Å². The highest BCUT2D eigenvalue weighted by molar-refractivity contribution is 5.78. The van der Waals surface area contributed by atoms with Crippen molar-refractivity contribution in [2.24, 2.45) is 0 Å². The minimum atomic E-state index is 0.171. The van der Waals surface area contributed by atoms with Crippen LogP contribution in [0.2, 0.25) is 0 Å². The summed E-state index contributed by atoms with van der Waals surface area (Å²) in [6, 6.07) is 9.77. The van der Waals surface area contributed by atoms with E-state index in [0.29, 0.717) is 12.2 Å². The van der Waals surface area contributed by atoms with Gasteiger partial charge in [0.05, 0.1) is 5.69 Å². The zero-order valence-corrected chi connectivity index (χ0v) is 10.6. The van der Waals surface area contributed by atoms with E-state index in [0.717, 1.165) is 16.8 Å². The second-order valence-corrected chi connectivity index (χ2v) is 4.53. The number of fused-ring (bicyclic) bond motifs is 1. The van der Waals surface area contributed by atoms with Gasteiger partial charge in [-0.3, -0.25) is 9.20 Å². The lowest BCUT2D eigenvalue weighted by atomic mass is 10.1. The van der Waals surface area contributed by atoms with Crippen LogP contribution in [0.4, 0.5) is 0 Å². The zero-order chi connectivity index (χ0) is 13.2. The molecule has 19 heavy (non-hydrogen) atoms. The summed E-state index contributed by atoms with van der Waals surface area (Å²) in [5.74, 6) is 0.856. The second-order valence-electron chi connectivity index (χ2n) is 4.53. The minimum Gasteiger partial charge on any atom is -0.300 e. The molecule has 0 N–H and O–H groups in total. The maximum atomic E-state index is 11.1. The number of nitrogens with zero attached hydrogens (tertiary/aromatic N) is 3. The van der Waals surface area contributed by atoms with Gasteiger partial charge >= 0.3 is 0 Å². The molecule has 0 saturated heterocycles. The van der Waals surface area contributed by atoms with Gasteiger partial charge in [0, 0.05) is 30.6 Å². The molecule has 4 nitrogen and oxygen atoms in total. The van der Waals surface area contributed by atoms with Crippen LogP contribution >= 0.6 is 0 Å². The lowest BCUT2D eigenvalue weighted by molar-refractivity contribution is -0.116. The van der Waals surface area contributed by atoms with Crippen molar-refractivity contribution in [1.82, 2.24) is 14.4 Å². The fourth-order valence-corrected chi connectivity index (χ4v) is 2.05. The third kappa shape index (κ3) is 2.38. The van der Waals surface area contributed by atoms with Gasteiger partial charge in [0.25, 0.3) is 0 Å². The molecule has 0 amide bonds. The Kier molecular flexibility index (Phi) is 2.83. The first-order chi connectivity index (χ1) is 9.22. The maximum Gasteiger partial charge on any atom is 0.234 e. The van der Waals surface area contributed by atoms with Crippen molar-refractivity contribution in [2.45, 2.75) is 13.3 Å². The van der Waals surface area contributed by atoms with Gasteiger partial charge in [-0.05, 0) is 18.6 Å². The Bertz CT molecular complexity index is 695. The fourth-order valence-electron chi connectivity index (χ4n) is 2.05. The van der Waals surface area contributed by atoms with Crippen molar-refractivity contribution >= 4 is 11.6 Å². The van der Waals surface area contributed by atoms with E-state index in [1.165, 1.54) is 0 Å². The van der Waals surface area contributed by atoms with Gasteiger partial charge in [0.2, 0.25) is 5.78 Å². The summed E-state index contributed by atoms with van der Waals surface area (Å²) < 4.78 is 1.89. The summed E-state index contributed by atoms with van der Waals surface area (Å²) in [4.78, 5) is 19.7. The largest absolute Gasteiger partial charge is 0.300 e. The number of imidazole rings is 1. The number of benzene rings is 1. The van der Waals surface area contributed by atoms with Gasteiger partial charge in [0.15, 0.2) is 0 Å². The van der Waals surface area contributed by atoms with Crippen LogP contribution < -0.4 is 0 Å². The molecule has 3 aromatic rings. The van der Waals surface area contributed by atoms with Gasteiger partial charge in [-0.25, -0.2) is 9.97 Å². The molecule has 0 spiro atoms. The van der Waals surface area contributed by atoms with Crippen molar-refractivity contribution in [2.75, 3.05) is 0 Å². The molecule has 0 saturated carbocycles. The van der Waals surface area contributed by atoms with E-state index >= 15 is 0 Å². The van der Waals surface area contributed by atoms with Crippen LogP contribution in [0, 0.1) is 0 Å². The molecule has 0 aliphatic heterocycles. The molecule has 94 valence electrons. The standard InChI is InChI=1S/C15H13N3O/c1-11(19)9-12-3-5-13(6-4-12)14-10-18-8-2-7-16-15(18)17-14/h2-8,10H,9H2,1H3. The lowest BCUT2D eigenvalue weighted by Crippen LogP contribution is -1.95. The Labute approximate surface area is 110 Å². The van der Waals surface area contributed by atoms with Gasteiger partial charge in [-0.1, -0.05) is 24.3 Å². The third-order valence-electron chi connectivity index (χ3n) is 2.94. The van der Waals surface area contributed by atoms with Crippen molar-refractivity contribution < 1.29 is 4.79 Å². The van der Waals surface area contributed by atoms with E-state index in [9.17, 15) is 4.79 Å². The Balaban J connectivity index is 1.95. The second kappa shape index (κ2) is 4.65. The molecular formula is C15H13N3O. The maximum absolute atomic E-state index is 11.1.